The molecule has 0 aromatic carbocycles. The predicted molar refractivity (Wildman–Crippen MR) is 49.7 cm³/mol. The zero-order chi connectivity index (χ0) is 10.1. The second-order valence-electron chi connectivity index (χ2n) is 3.79. The molecule has 0 aromatic rings. The summed E-state index contributed by atoms with van der Waals surface area (Å²) < 4.78 is 4.67. The lowest BCUT2D eigenvalue weighted by atomic mass is 9.78. The molecule has 3 aliphatic rings. The van der Waals surface area contributed by atoms with Gasteiger partial charge in [-0.1, -0.05) is 12.2 Å². The third-order valence-corrected chi connectivity index (χ3v) is 2.97. The Morgan fingerprint density at radius 1 is 1.57 bits per heavy atom. The maximum Gasteiger partial charge on any atom is 0.410 e. The number of piperidine rings is 1. The summed E-state index contributed by atoms with van der Waals surface area (Å²) in [7, 11) is 1.37. The molecule has 2 heterocycles. The summed E-state index contributed by atoms with van der Waals surface area (Å²) in [5.74, 6) is 0.257. The van der Waals surface area contributed by atoms with Crippen molar-refractivity contribution in [2.45, 2.75) is 12.5 Å². The summed E-state index contributed by atoms with van der Waals surface area (Å²) >= 11 is 0. The smallest absolute Gasteiger partial charge is 0.410 e. The molecule has 4 heteroatoms. The number of aldehydes is 1. The van der Waals surface area contributed by atoms with Gasteiger partial charge in [-0.2, -0.15) is 0 Å². The van der Waals surface area contributed by atoms with Gasteiger partial charge >= 0.3 is 6.09 Å². The van der Waals surface area contributed by atoms with E-state index in [1.807, 2.05) is 6.08 Å². The highest BCUT2D eigenvalue weighted by atomic mass is 16.5. The first-order chi connectivity index (χ1) is 6.76. The normalized spacial score (nSPS) is 34.4. The van der Waals surface area contributed by atoms with Gasteiger partial charge in [-0.3, -0.25) is 0 Å². The van der Waals surface area contributed by atoms with E-state index in [0.717, 1.165) is 12.7 Å². The van der Waals surface area contributed by atoms with Crippen LogP contribution in [0, 0.1) is 11.8 Å². The highest BCUT2D eigenvalue weighted by Gasteiger charge is 2.39. The molecular weight excluding hydrogens is 182 g/mol. The third-order valence-electron chi connectivity index (χ3n) is 2.97. The van der Waals surface area contributed by atoms with E-state index in [9.17, 15) is 9.59 Å². The number of hydrogen-bond acceptors (Lipinski definition) is 3. The summed E-state index contributed by atoms with van der Waals surface area (Å²) in [6.07, 6.45) is 5.49. The Hall–Kier alpha value is -1.32. The van der Waals surface area contributed by atoms with Crippen LogP contribution in [0.3, 0.4) is 0 Å². The molecule has 0 unspecified atom stereocenters. The first-order valence-electron chi connectivity index (χ1n) is 4.74. The topological polar surface area (TPSA) is 46.6 Å². The molecule has 1 fully saturated rings. The van der Waals surface area contributed by atoms with E-state index in [1.165, 1.54) is 7.11 Å². The first kappa shape index (κ1) is 9.24. The Morgan fingerprint density at radius 2 is 2.36 bits per heavy atom. The van der Waals surface area contributed by atoms with Gasteiger partial charge in [-0.25, -0.2) is 4.79 Å². The molecule has 2 aliphatic heterocycles. The van der Waals surface area contributed by atoms with Crippen molar-refractivity contribution in [1.82, 2.24) is 4.90 Å². The van der Waals surface area contributed by atoms with Crippen LogP contribution < -0.4 is 0 Å². The maximum atomic E-state index is 11.4. The molecule has 76 valence electrons. The lowest BCUT2D eigenvalue weighted by Gasteiger charge is -2.43. The van der Waals surface area contributed by atoms with Crippen molar-refractivity contribution in [3.05, 3.63) is 12.2 Å². The Bertz CT molecular complexity index is 287. The van der Waals surface area contributed by atoms with E-state index in [-0.39, 0.29) is 18.1 Å². The minimum Gasteiger partial charge on any atom is -0.453 e. The van der Waals surface area contributed by atoms with E-state index in [4.69, 9.17) is 0 Å². The van der Waals surface area contributed by atoms with E-state index >= 15 is 0 Å². The number of carbonyl (C=O) groups excluding carboxylic acids is 2. The van der Waals surface area contributed by atoms with Gasteiger partial charge in [0.15, 0.2) is 0 Å². The largest absolute Gasteiger partial charge is 0.453 e. The lowest BCUT2D eigenvalue weighted by molar-refractivity contribution is -0.114. The monoisotopic (exact) mass is 195 g/mol. The van der Waals surface area contributed by atoms with Crippen LogP contribution in [0.25, 0.3) is 0 Å². The molecule has 2 bridgehead atoms. The summed E-state index contributed by atoms with van der Waals surface area (Å²) in [6.45, 7) is 0.679. The van der Waals surface area contributed by atoms with Crippen molar-refractivity contribution >= 4 is 12.4 Å². The van der Waals surface area contributed by atoms with E-state index in [1.54, 1.807) is 4.90 Å². The van der Waals surface area contributed by atoms with Crippen molar-refractivity contribution in [2.24, 2.45) is 11.8 Å². The van der Waals surface area contributed by atoms with Crippen LogP contribution in [0.5, 0.6) is 0 Å². The van der Waals surface area contributed by atoms with Crippen LogP contribution in [0.2, 0.25) is 0 Å². The van der Waals surface area contributed by atoms with Gasteiger partial charge in [-0.15, -0.1) is 0 Å². The van der Waals surface area contributed by atoms with Crippen LogP contribution in [0.15, 0.2) is 12.2 Å². The van der Waals surface area contributed by atoms with E-state index < -0.39 is 0 Å². The molecule has 14 heavy (non-hydrogen) atoms. The second kappa shape index (κ2) is 3.44. The van der Waals surface area contributed by atoms with Crippen LogP contribution in [-0.4, -0.2) is 37.0 Å². The number of ether oxygens (including phenoxy) is 1. The van der Waals surface area contributed by atoms with Gasteiger partial charge in [0.1, 0.15) is 6.29 Å². The van der Waals surface area contributed by atoms with Crippen molar-refractivity contribution in [2.75, 3.05) is 13.7 Å². The molecule has 1 saturated heterocycles. The fourth-order valence-corrected chi connectivity index (χ4v) is 2.28. The Morgan fingerprint density at radius 3 is 2.93 bits per heavy atom. The van der Waals surface area contributed by atoms with Crippen molar-refractivity contribution in [3.63, 3.8) is 0 Å². The number of amides is 1. The number of hydrogen-bond donors (Lipinski definition) is 0. The van der Waals surface area contributed by atoms with Gasteiger partial charge in [0.25, 0.3) is 0 Å². The predicted octanol–water partition coefficient (Wildman–Crippen LogP) is 0.828. The highest BCUT2D eigenvalue weighted by molar-refractivity contribution is 5.70. The molecule has 1 amide bonds. The maximum absolute atomic E-state index is 11.4. The summed E-state index contributed by atoms with van der Waals surface area (Å²) in [5, 5.41) is 0. The van der Waals surface area contributed by atoms with Crippen molar-refractivity contribution < 1.29 is 14.3 Å². The van der Waals surface area contributed by atoms with Gasteiger partial charge in [0.05, 0.1) is 13.2 Å². The van der Waals surface area contributed by atoms with E-state index in [0.29, 0.717) is 12.5 Å². The molecule has 0 aromatic heterocycles. The second-order valence-corrected chi connectivity index (χ2v) is 3.79. The van der Waals surface area contributed by atoms with Crippen molar-refractivity contribution in [3.8, 4) is 0 Å². The Labute approximate surface area is 82.5 Å². The molecule has 0 N–H and O–H groups in total. The molecule has 0 saturated carbocycles. The average Bonchev–Trinajstić information content (AvgIpc) is 2.28. The molecule has 3 atom stereocenters. The fraction of sp³-hybridized carbons (Fsp3) is 0.600. The SMILES string of the molecule is COC(=O)N1C[C@@H]2C=C[C@H]1[C@@H](C=O)C2. The summed E-state index contributed by atoms with van der Waals surface area (Å²) in [5.41, 5.74) is 0. The van der Waals surface area contributed by atoms with Crippen LogP contribution in [-0.2, 0) is 9.53 Å². The number of fused-ring (bicyclic) bond motifs is 2. The summed E-state index contributed by atoms with van der Waals surface area (Å²) in [4.78, 5) is 23.8. The Kier molecular flexibility index (Phi) is 2.27. The first-order valence-corrected chi connectivity index (χ1v) is 4.74. The van der Waals surface area contributed by atoms with Crippen LogP contribution >= 0.6 is 0 Å². The van der Waals surface area contributed by atoms with E-state index in [2.05, 4.69) is 10.8 Å². The molecule has 3 rings (SSSR count). The molecule has 0 spiro atoms. The third kappa shape index (κ3) is 1.31. The fourth-order valence-electron chi connectivity index (χ4n) is 2.28. The molecule has 0 radical (unpaired) electrons. The number of rotatable bonds is 1. The van der Waals surface area contributed by atoms with Crippen molar-refractivity contribution in [1.29, 1.82) is 0 Å². The number of nitrogens with zero attached hydrogens (tertiary/aromatic N) is 1. The quantitative estimate of drug-likeness (QED) is 0.460. The lowest BCUT2D eigenvalue weighted by Crippen LogP contribution is -2.53. The van der Waals surface area contributed by atoms with Gasteiger partial charge in [-0.05, 0) is 12.3 Å². The zero-order valence-electron chi connectivity index (χ0n) is 8.05. The van der Waals surface area contributed by atoms with Gasteiger partial charge in [0, 0.05) is 12.5 Å². The minimum absolute atomic E-state index is 0.0575. The number of carbonyl (C=O) groups is 2. The standard InChI is InChI=1S/C10H13NO3/c1-14-10(13)11-5-7-2-3-9(11)8(4-7)6-12/h2-3,6-9H,4-5H2,1H3/t7-,8-,9+/m1/s1. The van der Waals surface area contributed by atoms with Gasteiger partial charge in [0.2, 0.25) is 0 Å². The minimum atomic E-state index is -0.337. The molecular formula is C10H13NO3. The number of methoxy groups -OCH3 is 1. The van der Waals surface area contributed by atoms with Gasteiger partial charge < -0.3 is 14.4 Å². The highest BCUT2D eigenvalue weighted by Crippen LogP contribution is 2.33. The van der Waals surface area contributed by atoms with Crippen LogP contribution in [0.1, 0.15) is 6.42 Å². The van der Waals surface area contributed by atoms with Crippen LogP contribution in [0.4, 0.5) is 4.79 Å². The molecule has 4 nitrogen and oxygen atoms in total. The zero-order valence-corrected chi connectivity index (χ0v) is 8.05. The molecule has 1 aliphatic carbocycles. The average molecular weight is 195 g/mol. The summed E-state index contributed by atoms with van der Waals surface area (Å²) in [6, 6.07) is -0.0926. The Balaban J connectivity index is 2.19.